The average Bonchev–Trinajstić information content (AvgIpc) is 2.60. The quantitative estimate of drug-likeness (QED) is 0.587. The Balaban J connectivity index is 1.91. The van der Waals surface area contributed by atoms with E-state index in [-0.39, 0.29) is 0 Å². The molecule has 1 N–H and O–H groups in total. The highest BCUT2D eigenvalue weighted by Crippen LogP contribution is 2.30. The first-order valence-corrected chi connectivity index (χ1v) is 9.77. The lowest BCUT2D eigenvalue weighted by Gasteiger charge is -2.24. The molecule has 2 atom stereocenters. The van der Waals surface area contributed by atoms with Gasteiger partial charge in [-0.2, -0.15) is 0 Å². The summed E-state index contributed by atoms with van der Waals surface area (Å²) in [6.07, 6.45) is 2.50. The molecule has 2 aromatic rings. The lowest BCUT2D eigenvalue weighted by atomic mass is 9.84. The molecule has 2 unspecified atom stereocenters. The number of para-hydroxylation sites is 1. The van der Waals surface area contributed by atoms with Crippen molar-refractivity contribution in [3.8, 4) is 16.9 Å². The highest BCUT2D eigenvalue weighted by atomic mass is 16.5. The summed E-state index contributed by atoms with van der Waals surface area (Å²) in [5.74, 6) is 1.67. The van der Waals surface area contributed by atoms with Crippen molar-refractivity contribution in [3.05, 3.63) is 54.1 Å². The molecular formula is C24H35NO. The van der Waals surface area contributed by atoms with Crippen LogP contribution in [0.25, 0.3) is 11.1 Å². The van der Waals surface area contributed by atoms with Crippen molar-refractivity contribution in [2.75, 3.05) is 13.7 Å². The van der Waals surface area contributed by atoms with Gasteiger partial charge in [-0.1, -0.05) is 70.2 Å². The van der Waals surface area contributed by atoms with Crippen LogP contribution >= 0.6 is 0 Å². The van der Waals surface area contributed by atoms with Gasteiger partial charge in [-0.05, 0) is 54.8 Å². The van der Waals surface area contributed by atoms with Crippen molar-refractivity contribution in [1.82, 2.24) is 5.32 Å². The maximum absolute atomic E-state index is 5.48. The predicted molar refractivity (Wildman–Crippen MR) is 113 cm³/mol. The molecule has 0 aliphatic carbocycles. The SMILES string of the molecule is COc1ccccc1-c1ccc(C(C)NCCC(C)CC(C)(C)C)cc1. The first kappa shape index (κ1) is 20.5. The molecule has 0 aromatic heterocycles. The van der Waals surface area contributed by atoms with Crippen LogP contribution in [0.3, 0.4) is 0 Å². The normalized spacial score (nSPS) is 14.1. The van der Waals surface area contributed by atoms with Crippen molar-refractivity contribution in [3.63, 3.8) is 0 Å². The van der Waals surface area contributed by atoms with E-state index in [1.807, 2.05) is 12.1 Å². The van der Waals surface area contributed by atoms with Crippen LogP contribution in [0, 0.1) is 11.3 Å². The fourth-order valence-electron chi connectivity index (χ4n) is 3.65. The standard InChI is InChI=1S/C24H35NO/c1-18(17-24(3,4)5)15-16-25-19(2)20-11-13-21(14-12-20)22-9-7-8-10-23(22)26-6/h7-14,18-19,25H,15-17H2,1-6H3. The number of rotatable bonds is 8. The zero-order chi connectivity index (χ0) is 19.2. The number of methoxy groups -OCH3 is 1. The Bertz CT molecular complexity index is 669. The molecular weight excluding hydrogens is 318 g/mol. The molecule has 2 aromatic carbocycles. The van der Waals surface area contributed by atoms with Crippen LogP contribution in [0.5, 0.6) is 5.75 Å². The van der Waals surface area contributed by atoms with Gasteiger partial charge in [0.15, 0.2) is 0 Å². The van der Waals surface area contributed by atoms with E-state index in [0.29, 0.717) is 11.5 Å². The monoisotopic (exact) mass is 353 g/mol. The van der Waals surface area contributed by atoms with E-state index < -0.39 is 0 Å². The molecule has 0 amide bonds. The largest absolute Gasteiger partial charge is 0.496 e. The van der Waals surface area contributed by atoms with Crippen LogP contribution in [-0.2, 0) is 0 Å². The summed E-state index contributed by atoms with van der Waals surface area (Å²) in [6, 6.07) is 17.3. The fourth-order valence-corrected chi connectivity index (χ4v) is 3.65. The summed E-state index contributed by atoms with van der Waals surface area (Å²) in [5.41, 5.74) is 4.07. The molecule has 0 spiro atoms. The van der Waals surface area contributed by atoms with E-state index in [4.69, 9.17) is 4.74 Å². The second kappa shape index (κ2) is 9.23. The van der Waals surface area contributed by atoms with Crippen molar-refractivity contribution >= 4 is 0 Å². The first-order valence-electron chi connectivity index (χ1n) is 9.77. The van der Waals surface area contributed by atoms with E-state index in [0.717, 1.165) is 23.8 Å². The molecule has 2 heteroatoms. The Morgan fingerprint density at radius 3 is 2.23 bits per heavy atom. The molecule has 0 heterocycles. The third-order valence-electron chi connectivity index (χ3n) is 4.88. The minimum atomic E-state index is 0.364. The van der Waals surface area contributed by atoms with E-state index in [9.17, 15) is 0 Å². The Morgan fingerprint density at radius 1 is 0.962 bits per heavy atom. The molecule has 0 saturated carbocycles. The maximum Gasteiger partial charge on any atom is 0.126 e. The van der Waals surface area contributed by atoms with Crippen molar-refractivity contribution in [1.29, 1.82) is 0 Å². The summed E-state index contributed by atoms with van der Waals surface area (Å²) < 4.78 is 5.48. The molecule has 0 saturated heterocycles. The maximum atomic E-state index is 5.48. The molecule has 2 nitrogen and oxygen atoms in total. The topological polar surface area (TPSA) is 21.3 Å². The van der Waals surface area contributed by atoms with Gasteiger partial charge in [-0.25, -0.2) is 0 Å². The summed E-state index contributed by atoms with van der Waals surface area (Å²) >= 11 is 0. The second-order valence-corrected chi connectivity index (χ2v) is 8.66. The Morgan fingerprint density at radius 2 is 1.62 bits per heavy atom. The molecule has 142 valence electrons. The first-order chi connectivity index (χ1) is 12.3. The lowest BCUT2D eigenvalue weighted by molar-refractivity contribution is 0.293. The predicted octanol–water partition coefficient (Wildman–Crippen LogP) is 6.48. The van der Waals surface area contributed by atoms with Crippen molar-refractivity contribution in [2.24, 2.45) is 11.3 Å². The average molecular weight is 354 g/mol. The van der Waals surface area contributed by atoms with Gasteiger partial charge in [0, 0.05) is 11.6 Å². The van der Waals surface area contributed by atoms with Crippen LogP contribution in [0.4, 0.5) is 0 Å². The van der Waals surface area contributed by atoms with E-state index in [1.165, 1.54) is 24.0 Å². The summed E-state index contributed by atoms with van der Waals surface area (Å²) in [7, 11) is 1.72. The van der Waals surface area contributed by atoms with E-state index >= 15 is 0 Å². The molecule has 26 heavy (non-hydrogen) atoms. The molecule has 0 aliphatic heterocycles. The van der Waals surface area contributed by atoms with Crippen LogP contribution < -0.4 is 10.1 Å². The van der Waals surface area contributed by atoms with Gasteiger partial charge in [-0.15, -0.1) is 0 Å². The van der Waals surface area contributed by atoms with Gasteiger partial charge in [0.25, 0.3) is 0 Å². The van der Waals surface area contributed by atoms with Gasteiger partial charge >= 0.3 is 0 Å². The van der Waals surface area contributed by atoms with Gasteiger partial charge in [0.05, 0.1) is 7.11 Å². The summed E-state index contributed by atoms with van der Waals surface area (Å²) in [4.78, 5) is 0. The van der Waals surface area contributed by atoms with Gasteiger partial charge < -0.3 is 10.1 Å². The Kier molecular flexibility index (Phi) is 7.28. The van der Waals surface area contributed by atoms with Gasteiger partial charge in [0.2, 0.25) is 0 Å². The zero-order valence-electron chi connectivity index (χ0n) is 17.3. The van der Waals surface area contributed by atoms with Crippen LogP contribution in [0.15, 0.2) is 48.5 Å². The minimum Gasteiger partial charge on any atom is -0.496 e. The van der Waals surface area contributed by atoms with E-state index in [2.05, 4.69) is 76.3 Å². The minimum absolute atomic E-state index is 0.364. The van der Waals surface area contributed by atoms with Crippen LogP contribution in [0.2, 0.25) is 0 Å². The fraction of sp³-hybridized carbons (Fsp3) is 0.500. The highest BCUT2D eigenvalue weighted by molar-refractivity contribution is 5.70. The number of ether oxygens (including phenoxy) is 1. The van der Waals surface area contributed by atoms with Crippen LogP contribution in [0.1, 0.15) is 59.1 Å². The molecule has 0 radical (unpaired) electrons. The zero-order valence-corrected chi connectivity index (χ0v) is 17.3. The Labute approximate surface area is 160 Å². The molecule has 0 aliphatic rings. The van der Waals surface area contributed by atoms with E-state index in [1.54, 1.807) is 7.11 Å². The van der Waals surface area contributed by atoms with Crippen LogP contribution in [-0.4, -0.2) is 13.7 Å². The second-order valence-electron chi connectivity index (χ2n) is 8.66. The highest BCUT2D eigenvalue weighted by Gasteiger charge is 2.15. The number of nitrogens with one attached hydrogen (secondary N) is 1. The number of hydrogen-bond donors (Lipinski definition) is 1. The molecule has 2 rings (SSSR count). The van der Waals surface area contributed by atoms with Crippen molar-refractivity contribution < 1.29 is 4.74 Å². The third-order valence-corrected chi connectivity index (χ3v) is 4.88. The number of hydrogen-bond acceptors (Lipinski definition) is 2. The smallest absolute Gasteiger partial charge is 0.126 e. The Hall–Kier alpha value is -1.80. The lowest BCUT2D eigenvalue weighted by Crippen LogP contribution is -2.22. The molecule has 0 fully saturated rings. The van der Waals surface area contributed by atoms with Gasteiger partial charge in [-0.3, -0.25) is 0 Å². The summed E-state index contributed by atoms with van der Waals surface area (Å²) in [6.45, 7) is 12.6. The molecule has 0 bridgehead atoms. The van der Waals surface area contributed by atoms with Crippen molar-refractivity contribution in [2.45, 2.75) is 53.5 Å². The third kappa shape index (κ3) is 6.17. The number of benzene rings is 2. The summed E-state index contributed by atoms with van der Waals surface area (Å²) in [5, 5.41) is 3.67. The van der Waals surface area contributed by atoms with Gasteiger partial charge in [0.1, 0.15) is 5.75 Å².